The summed E-state index contributed by atoms with van der Waals surface area (Å²) >= 11 is 0. The molecule has 3 aromatic rings. The molecular formula is C20H25N5O. The first-order valence-corrected chi connectivity index (χ1v) is 9.17. The molecule has 6 heteroatoms. The third-order valence-electron chi connectivity index (χ3n) is 4.72. The number of carbonyl (C=O) groups is 1. The molecule has 26 heavy (non-hydrogen) atoms. The standard InChI is InChI=1S/C20H25N5O/c1-5-7-8-15(6-2)20(26)21-17-11-9-16(10-12-17)18-22-19-13(3)14(4)23-25(19)24-18/h9-12,15H,3,5-8H2,1-2,4H3,(H,21,26). The first-order chi connectivity index (χ1) is 12.5. The van der Waals surface area contributed by atoms with Gasteiger partial charge >= 0.3 is 0 Å². The lowest BCUT2D eigenvalue weighted by Gasteiger charge is -2.14. The Hall–Kier alpha value is -2.76. The Morgan fingerprint density at radius 3 is 2.58 bits per heavy atom. The van der Waals surface area contributed by atoms with E-state index in [1.807, 2.05) is 31.2 Å². The van der Waals surface area contributed by atoms with Crippen molar-refractivity contribution in [3.63, 3.8) is 0 Å². The highest BCUT2D eigenvalue weighted by molar-refractivity contribution is 5.92. The van der Waals surface area contributed by atoms with Crippen molar-refractivity contribution in [2.45, 2.75) is 46.5 Å². The van der Waals surface area contributed by atoms with E-state index in [1.165, 1.54) is 4.63 Å². The molecule has 0 bridgehead atoms. The van der Waals surface area contributed by atoms with Crippen molar-refractivity contribution in [3.05, 3.63) is 35.2 Å². The molecule has 0 aliphatic rings. The number of nitrogens with zero attached hydrogens (tertiary/aromatic N) is 4. The fourth-order valence-corrected chi connectivity index (χ4v) is 2.97. The van der Waals surface area contributed by atoms with Gasteiger partial charge in [-0.1, -0.05) is 33.3 Å². The Kier molecular flexibility index (Phi) is 5.30. The number of nitrogens with one attached hydrogen (secondary N) is 1. The zero-order valence-corrected chi connectivity index (χ0v) is 15.6. The number of anilines is 1. The lowest BCUT2D eigenvalue weighted by Crippen LogP contribution is -2.22. The molecule has 136 valence electrons. The number of aromatic nitrogens is 4. The van der Waals surface area contributed by atoms with E-state index in [9.17, 15) is 4.79 Å². The molecule has 2 aromatic heterocycles. The Bertz CT molecular complexity index is 945. The van der Waals surface area contributed by atoms with Gasteiger partial charge in [0, 0.05) is 22.4 Å². The van der Waals surface area contributed by atoms with E-state index in [2.05, 4.69) is 40.9 Å². The molecule has 0 saturated carbocycles. The van der Waals surface area contributed by atoms with Crippen molar-refractivity contribution in [1.29, 1.82) is 0 Å². The van der Waals surface area contributed by atoms with Crippen LogP contribution >= 0.6 is 0 Å². The van der Waals surface area contributed by atoms with Gasteiger partial charge in [0.2, 0.25) is 5.91 Å². The van der Waals surface area contributed by atoms with E-state index in [0.717, 1.165) is 47.8 Å². The van der Waals surface area contributed by atoms with E-state index in [-0.39, 0.29) is 11.8 Å². The van der Waals surface area contributed by atoms with Crippen LogP contribution in [0.1, 0.15) is 45.2 Å². The van der Waals surface area contributed by atoms with Gasteiger partial charge in [-0.2, -0.15) is 5.10 Å². The van der Waals surface area contributed by atoms with Crippen molar-refractivity contribution >= 4 is 23.8 Å². The number of benzene rings is 1. The van der Waals surface area contributed by atoms with Crippen LogP contribution in [0.25, 0.3) is 23.6 Å². The summed E-state index contributed by atoms with van der Waals surface area (Å²) in [4.78, 5) is 16.9. The molecule has 0 aliphatic carbocycles. The average Bonchev–Trinajstić information content (AvgIpc) is 3.16. The van der Waals surface area contributed by atoms with Gasteiger partial charge in [-0.25, -0.2) is 4.98 Å². The summed E-state index contributed by atoms with van der Waals surface area (Å²) < 4.78 is 1.52. The van der Waals surface area contributed by atoms with Crippen LogP contribution in [0.5, 0.6) is 0 Å². The second-order valence-corrected chi connectivity index (χ2v) is 6.63. The fraction of sp³-hybridized carbons (Fsp3) is 0.400. The van der Waals surface area contributed by atoms with Gasteiger partial charge in [0.15, 0.2) is 11.5 Å². The summed E-state index contributed by atoms with van der Waals surface area (Å²) in [5.74, 6) is 0.762. The maximum atomic E-state index is 12.4. The van der Waals surface area contributed by atoms with E-state index >= 15 is 0 Å². The number of hydrogen-bond acceptors (Lipinski definition) is 4. The van der Waals surface area contributed by atoms with Crippen LogP contribution in [0, 0.1) is 12.8 Å². The first kappa shape index (κ1) is 18.0. The second-order valence-electron chi connectivity index (χ2n) is 6.63. The number of aryl methyl sites for hydroxylation is 1. The van der Waals surface area contributed by atoms with Crippen molar-refractivity contribution in [3.8, 4) is 11.4 Å². The first-order valence-electron chi connectivity index (χ1n) is 9.17. The number of rotatable bonds is 7. The highest BCUT2D eigenvalue weighted by atomic mass is 16.1. The van der Waals surface area contributed by atoms with Crippen LogP contribution in [-0.4, -0.2) is 25.7 Å². The van der Waals surface area contributed by atoms with Crippen molar-refractivity contribution < 1.29 is 4.79 Å². The SMILES string of the molecule is C=c1c(C)nn2nc(-c3ccc(NC(=O)C(CC)CCCC)cc3)nc12. The van der Waals surface area contributed by atoms with Crippen LogP contribution < -0.4 is 10.5 Å². The van der Waals surface area contributed by atoms with Crippen LogP contribution in [0.3, 0.4) is 0 Å². The molecule has 2 heterocycles. The van der Waals surface area contributed by atoms with Gasteiger partial charge in [0.1, 0.15) is 0 Å². The summed E-state index contributed by atoms with van der Waals surface area (Å²) in [6.07, 6.45) is 3.98. The predicted octanol–water partition coefficient (Wildman–Crippen LogP) is 3.38. The molecule has 1 amide bonds. The second kappa shape index (κ2) is 7.64. The smallest absolute Gasteiger partial charge is 0.227 e. The van der Waals surface area contributed by atoms with Crippen molar-refractivity contribution in [2.24, 2.45) is 5.92 Å². The highest BCUT2D eigenvalue weighted by Crippen LogP contribution is 2.20. The topological polar surface area (TPSA) is 72.2 Å². The lowest BCUT2D eigenvalue weighted by molar-refractivity contribution is -0.120. The Morgan fingerprint density at radius 2 is 1.96 bits per heavy atom. The van der Waals surface area contributed by atoms with Gasteiger partial charge in [-0.05, 0) is 44.0 Å². The summed E-state index contributed by atoms with van der Waals surface area (Å²) in [6, 6.07) is 7.59. The predicted molar refractivity (Wildman–Crippen MR) is 104 cm³/mol. The van der Waals surface area contributed by atoms with Crippen LogP contribution in [0.4, 0.5) is 5.69 Å². The molecule has 1 unspecified atom stereocenters. The zero-order chi connectivity index (χ0) is 18.7. The molecule has 6 nitrogen and oxygen atoms in total. The minimum atomic E-state index is 0.0690. The normalized spacial score (nSPS) is 12.4. The minimum Gasteiger partial charge on any atom is -0.326 e. The van der Waals surface area contributed by atoms with E-state index in [4.69, 9.17) is 0 Å². The monoisotopic (exact) mass is 351 g/mol. The molecule has 0 radical (unpaired) electrons. The summed E-state index contributed by atoms with van der Waals surface area (Å²) in [7, 11) is 0. The average molecular weight is 351 g/mol. The molecule has 1 N–H and O–H groups in total. The quantitative estimate of drug-likeness (QED) is 0.708. The number of carbonyl (C=O) groups excluding carboxylic acids is 1. The van der Waals surface area contributed by atoms with Gasteiger partial charge < -0.3 is 5.32 Å². The Morgan fingerprint density at radius 1 is 1.23 bits per heavy atom. The number of amides is 1. The van der Waals surface area contributed by atoms with E-state index < -0.39 is 0 Å². The summed E-state index contributed by atoms with van der Waals surface area (Å²) in [6.45, 7) is 10.1. The Balaban J connectivity index is 1.73. The number of hydrogen-bond donors (Lipinski definition) is 1. The summed E-state index contributed by atoms with van der Waals surface area (Å²) in [5.41, 5.74) is 3.18. The molecule has 3 rings (SSSR count). The summed E-state index contributed by atoms with van der Waals surface area (Å²) in [5, 5.41) is 12.5. The molecule has 0 saturated heterocycles. The molecule has 0 aliphatic heterocycles. The van der Waals surface area contributed by atoms with Crippen LogP contribution in [-0.2, 0) is 4.79 Å². The molecule has 1 atom stereocenters. The largest absolute Gasteiger partial charge is 0.326 e. The van der Waals surface area contributed by atoms with Gasteiger partial charge in [0.25, 0.3) is 0 Å². The Labute approximate surface area is 153 Å². The third-order valence-corrected chi connectivity index (χ3v) is 4.72. The molecule has 1 aromatic carbocycles. The van der Waals surface area contributed by atoms with Gasteiger partial charge in [0.05, 0.1) is 5.69 Å². The van der Waals surface area contributed by atoms with E-state index in [1.54, 1.807) is 0 Å². The maximum absolute atomic E-state index is 12.4. The van der Waals surface area contributed by atoms with Crippen molar-refractivity contribution in [2.75, 3.05) is 5.32 Å². The van der Waals surface area contributed by atoms with Gasteiger partial charge in [-0.3, -0.25) is 4.79 Å². The fourth-order valence-electron chi connectivity index (χ4n) is 2.97. The van der Waals surface area contributed by atoms with Crippen LogP contribution in [0.2, 0.25) is 0 Å². The number of unbranched alkanes of at least 4 members (excludes halogenated alkanes) is 1. The molecular weight excluding hydrogens is 326 g/mol. The highest BCUT2D eigenvalue weighted by Gasteiger charge is 2.16. The zero-order valence-electron chi connectivity index (χ0n) is 15.6. The van der Waals surface area contributed by atoms with Crippen molar-refractivity contribution in [1.82, 2.24) is 19.8 Å². The molecule has 0 spiro atoms. The molecule has 0 fully saturated rings. The lowest BCUT2D eigenvalue weighted by atomic mass is 9.98. The number of fused-ring (bicyclic) bond motifs is 1. The minimum absolute atomic E-state index is 0.0690. The van der Waals surface area contributed by atoms with Gasteiger partial charge in [-0.15, -0.1) is 9.73 Å². The third kappa shape index (κ3) is 3.59. The van der Waals surface area contributed by atoms with Crippen LogP contribution in [0.15, 0.2) is 24.3 Å². The van der Waals surface area contributed by atoms with E-state index in [0.29, 0.717) is 11.5 Å². The maximum Gasteiger partial charge on any atom is 0.227 e.